The molecule has 0 aromatic heterocycles. The maximum Gasteiger partial charge on any atom is 0.242 e. The van der Waals surface area contributed by atoms with Crippen molar-refractivity contribution in [3.63, 3.8) is 0 Å². The quantitative estimate of drug-likeness (QED) is 0.832. The second-order valence-electron chi connectivity index (χ2n) is 4.65. The van der Waals surface area contributed by atoms with E-state index in [9.17, 15) is 9.18 Å². The Morgan fingerprint density at radius 2 is 1.95 bits per heavy atom. The molecular formula is C14H22Cl2FN3O2. The van der Waals surface area contributed by atoms with E-state index in [1.165, 1.54) is 6.07 Å². The molecule has 126 valence electrons. The molecule has 5 nitrogen and oxygen atoms in total. The first-order chi connectivity index (χ1) is 9.74. The van der Waals surface area contributed by atoms with Crippen LogP contribution >= 0.6 is 24.8 Å². The topological polar surface area (TPSA) is 67.6 Å². The third kappa shape index (κ3) is 5.37. The summed E-state index contributed by atoms with van der Waals surface area (Å²) in [5, 5.41) is 2.74. The Hall–Kier alpha value is -0.920. The van der Waals surface area contributed by atoms with Gasteiger partial charge in [-0.05, 0) is 6.07 Å². The molecule has 1 heterocycles. The molecule has 22 heavy (non-hydrogen) atoms. The molecule has 1 fully saturated rings. The van der Waals surface area contributed by atoms with Gasteiger partial charge in [0.25, 0.3) is 0 Å². The lowest BCUT2D eigenvalue weighted by Gasteiger charge is -2.33. The Morgan fingerprint density at radius 1 is 1.32 bits per heavy atom. The largest absolute Gasteiger partial charge is 0.379 e. The van der Waals surface area contributed by atoms with Gasteiger partial charge in [-0.1, -0.05) is 18.2 Å². The highest BCUT2D eigenvalue weighted by molar-refractivity contribution is 5.85. The number of nitrogens with zero attached hydrogens (tertiary/aromatic N) is 1. The zero-order valence-corrected chi connectivity index (χ0v) is 13.8. The number of nitrogens with one attached hydrogen (secondary N) is 1. The average molecular weight is 354 g/mol. The summed E-state index contributed by atoms with van der Waals surface area (Å²) >= 11 is 0. The van der Waals surface area contributed by atoms with Gasteiger partial charge in [-0.3, -0.25) is 9.69 Å². The summed E-state index contributed by atoms with van der Waals surface area (Å²) in [4.78, 5) is 14.3. The highest BCUT2D eigenvalue weighted by Crippen LogP contribution is 2.24. The second-order valence-corrected chi connectivity index (χ2v) is 4.65. The van der Waals surface area contributed by atoms with Crippen LogP contribution in [0.2, 0.25) is 0 Å². The van der Waals surface area contributed by atoms with Crippen molar-refractivity contribution >= 4 is 30.7 Å². The van der Waals surface area contributed by atoms with Crippen LogP contribution in [0.15, 0.2) is 24.3 Å². The van der Waals surface area contributed by atoms with Crippen molar-refractivity contribution in [3.8, 4) is 0 Å². The van der Waals surface area contributed by atoms with Crippen molar-refractivity contribution in [2.75, 3.05) is 39.4 Å². The zero-order valence-electron chi connectivity index (χ0n) is 12.2. The van der Waals surface area contributed by atoms with Crippen LogP contribution in [-0.4, -0.2) is 50.2 Å². The first kappa shape index (κ1) is 21.1. The summed E-state index contributed by atoms with van der Waals surface area (Å²) < 4.78 is 19.3. The molecule has 3 N–H and O–H groups in total. The number of benzene rings is 1. The zero-order chi connectivity index (χ0) is 14.4. The Balaban J connectivity index is 0.00000220. The summed E-state index contributed by atoms with van der Waals surface area (Å²) in [6, 6.07) is 5.75. The molecule has 0 radical (unpaired) electrons. The van der Waals surface area contributed by atoms with E-state index >= 15 is 0 Å². The van der Waals surface area contributed by atoms with E-state index in [2.05, 4.69) is 5.32 Å². The fourth-order valence-corrected chi connectivity index (χ4v) is 2.33. The van der Waals surface area contributed by atoms with Gasteiger partial charge in [0, 0.05) is 31.7 Å². The van der Waals surface area contributed by atoms with Crippen LogP contribution in [-0.2, 0) is 9.53 Å². The number of nitrogens with two attached hydrogens (primary N) is 1. The number of hydrogen-bond donors (Lipinski definition) is 2. The maximum atomic E-state index is 14.0. The third-order valence-corrected chi connectivity index (χ3v) is 3.30. The number of amides is 1. The van der Waals surface area contributed by atoms with Gasteiger partial charge in [0.15, 0.2) is 0 Å². The minimum absolute atomic E-state index is 0. The van der Waals surface area contributed by atoms with Crippen molar-refractivity contribution in [1.29, 1.82) is 0 Å². The molecule has 8 heteroatoms. The van der Waals surface area contributed by atoms with Gasteiger partial charge >= 0.3 is 0 Å². The van der Waals surface area contributed by atoms with E-state index in [1.54, 1.807) is 18.2 Å². The second kappa shape index (κ2) is 10.7. The molecule has 1 aliphatic heterocycles. The summed E-state index contributed by atoms with van der Waals surface area (Å²) in [6.45, 7) is 3.06. The van der Waals surface area contributed by atoms with Gasteiger partial charge in [-0.15, -0.1) is 24.8 Å². The van der Waals surface area contributed by atoms with Crippen LogP contribution in [0.4, 0.5) is 4.39 Å². The fraction of sp³-hybridized carbons (Fsp3) is 0.500. The first-order valence-electron chi connectivity index (χ1n) is 6.78. The predicted molar refractivity (Wildman–Crippen MR) is 88.1 cm³/mol. The molecule has 0 spiro atoms. The van der Waals surface area contributed by atoms with E-state index < -0.39 is 6.04 Å². The number of ether oxygens (including phenoxy) is 1. The van der Waals surface area contributed by atoms with Gasteiger partial charge in [-0.2, -0.15) is 0 Å². The molecule has 0 aliphatic carbocycles. The molecule has 1 saturated heterocycles. The van der Waals surface area contributed by atoms with Crippen molar-refractivity contribution in [2.24, 2.45) is 5.73 Å². The van der Waals surface area contributed by atoms with Crippen LogP contribution in [0.25, 0.3) is 0 Å². The molecule has 1 atom stereocenters. The van der Waals surface area contributed by atoms with Crippen molar-refractivity contribution in [3.05, 3.63) is 35.6 Å². The number of rotatable bonds is 5. The smallest absolute Gasteiger partial charge is 0.242 e. The highest BCUT2D eigenvalue weighted by Gasteiger charge is 2.30. The van der Waals surface area contributed by atoms with Gasteiger partial charge in [-0.25, -0.2) is 4.39 Å². The molecule has 1 amide bonds. The minimum Gasteiger partial charge on any atom is -0.379 e. The minimum atomic E-state index is -0.633. The fourth-order valence-electron chi connectivity index (χ4n) is 2.33. The third-order valence-electron chi connectivity index (χ3n) is 3.30. The van der Waals surface area contributed by atoms with Crippen LogP contribution in [0.1, 0.15) is 11.6 Å². The van der Waals surface area contributed by atoms with Crippen molar-refractivity contribution < 1.29 is 13.9 Å². The van der Waals surface area contributed by atoms with Gasteiger partial charge in [0.2, 0.25) is 5.91 Å². The molecule has 1 aromatic carbocycles. The first-order valence-corrected chi connectivity index (χ1v) is 6.78. The van der Waals surface area contributed by atoms with Crippen LogP contribution in [0.5, 0.6) is 0 Å². The van der Waals surface area contributed by atoms with E-state index in [0.29, 0.717) is 45.0 Å². The van der Waals surface area contributed by atoms with E-state index in [-0.39, 0.29) is 36.5 Å². The van der Waals surface area contributed by atoms with E-state index in [0.717, 1.165) is 0 Å². The SMILES string of the molecule is Cl.Cl.NCCNC(=O)C(c1ccccc1F)N1CCOCC1. The average Bonchev–Trinajstić information content (AvgIpc) is 2.48. The standard InChI is InChI=1S/C14H20FN3O2.2ClH/c15-12-4-2-1-3-11(12)13(14(19)17-6-5-16)18-7-9-20-10-8-18;;/h1-4,13H,5-10,16H2,(H,17,19);2*1H. The number of halogens is 3. The van der Waals surface area contributed by atoms with Gasteiger partial charge in [0.05, 0.1) is 13.2 Å². The van der Waals surface area contributed by atoms with Crippen LogP contribution in [0, 0.1) is 5.82 Å². The van der Waals surface area contributed by atoms with E-state index in [1.807, 2.05) is 4.90 Å². The maximum absolute atomic E-state index is 14.0. The van der Waals surface area contributed by atoms with Gasteiger partial charge < -0.3 is 15.8 Å². The lowest BCUT2D eigenvalue weighted by Crippen LogP contribution is -2.46. The Kier molecular flexibility index (Phi) is 10.3. The van der Waals surface area contributed by atoms with Crippen LogP contribution < -0.4 is 11.1 Å². The summed E-state index contributed by atoms with van der Waals surface area (Å²) in [5.74, 6) is -0.589. The normalized spacial score (nSPS) is 16.1. The Morgan fingerprint density at radius 3 is 2.55 bits per heavy atom. The lowest BCUT2D eigenvalue weighted by molar-refractivity contribution is -0.128. The lowest BCUT2D eigenvalue weighted by atomic mass is 10.0. The molecule has 1 aromatic rings. The molecule has 0 saturated carbocycles. The summed E-state index contributed by atoms with van der Waals surface area (Å²) in [6.07, 6.45) is 0. The number of morpholine rings is 1. The van der Waals surface area contributed by atoms with E-state index in [4.69, 9.17) is 10.5 Å². The molecule has 0 bridgehead atoms. The number of carbonyl (C=O) groups is 1. The number of carbonyl (C=O) groups excluding carboxylic acids is 1. The number of hydrogen-bond acceptors (Lipinski definition) is 4. The molecule has 1 aliphatic rings. The highest BCUT2D eigenvalue weighted by atomic mass is 35.5. The summed E-state index contributed by atoms with van der Waals surface area (Å²) in [5.41, 5.74) is 5.79. The molecule has 1 unspecified atom stereocenters. The van der Waals surface area contributed by atoms with Crippen molar-refractivity contribution in [2.45, 2.75) is 6.04 Å². The summed E-state index contributed by atoms with van der Waals surface area (Å²) in [7, 11) is 0. The Labute approximate surface area is 142 Å². The van der Waals surface area contributed by atoms with Crippen molar-refractivity contribution in [1.82, 2.24) is 10.2 Å². The van der Waals surface area contributed by atoms with Gasteiger partial charge in [0.1, 0.15) is 11.9 Å². The molecule has 2 rings (SSSR count). The van der Waals surface area contributed by atoms with Crippen LogP contribution in [0.3, 0.4) is 0 Å². The monoisotopic (exact) mass is 353 g/mol. The Bertz CT molecular complexity index is 459. The molecular weight excluding hydrogens is 332 g/mol. The predicted octanol–water partition coefficient (Wildman–Crippen LogP) is 1.12.